The Morgan fingerprint density at radius 2 is 1.00 bits per heavy atom. The van der Waals surface area contributed by atoms with E-state index in [-0.39, 0.29) is 49.6 Å². The van der Waals surface area contributed by atoms with Crippen molar-refractivity contribution < 1.29 is 25.9 Å². The summed E-state index contributed by atoms with van der Waals surface area (Å²) in [5.41, 5.74) is 0. The van der Waals surface area contributed by atoms with Crippen molar-refractivity contribution in [2.45, 2.75) is 37.2 Å². The Balaban J connectivity index is 0.000000443. The second-order valence-corrected chi connectivity index (χ2v) is 9.92. The molecular formula is C16H22CaO6S2. The molecule has 0 aliphatic heterocycles. The van der Waals surface area contributed by atoms with Gasteiger partial charge in [-0.05, 0) is 25.7 Å². The van der Waals surface area contributed by atoms with Crippen LogP contribution in [0.1, 0.15) is 27.7 Å². The molecule has 2 aliphatic rings. The van der Waals surface area contributed by atoms with Crippen LogP contribution >= 0.6 is 0 Å². The summed E-state index contributed by atoms with van der Waals surface area (Å²) in [6.07, 6.45) is 13.0. The third-order valence-electron chi connectivity index (χ3n) is 4.76. The summed E-state index contributed by atoms with van der Waals surface area (Å²) in [6.45, 7) is 6.32. The van der Waals surface area contributed by atoms with Crippen molar-refractivity contribution in [3.63, 3.8) is 0 Å². The average molecular weight is 415 g/mol. The first kappa shape index (κ1) is 25.0. The van der Waals surface area contributed by atoms with Crippen molar-refractivity contribution in [1.29, 1.82) is 0 Å². The number of hydrogen-bond acceptors (Lipinski definition) is 6. The van der Waals surface area contributed by atoms with Crippen LogP contribution in [-0.2, 0) is 20.2 Å². The van der Waals surface area contributed by atoms with Gasteiger partial charge in [-0.1, -0.05) is 62.5 Å². The van der Waals surface area contributed by atoms with Gasteiger partial charge in [0.1, 0.15) is 20.2 Å². The van der Waals surface area contributed by atoms with E-state index in [9.17, 15) is 25.9 Å². The fourth-order valence-corrected chi connectivity index (χ4v) is 3.82. The van der Waals surface area contributed by atoms with Crippen LogP contribution in [0.25, 0.3) is 0 Å². The largest absolute Gasteiger partial charge is 2.00 e. The van der Waals surface area contributed by atoms with E-state index in [1.54, 1.807) is 50.3 Å². The standard InChI is InChI=1S/2C8H12O3S.Ca/c2*1-7-5-3-4-6-8(7,2)12(9,10)11;/h2*3-7H,1-2H3,(H,9,10,11);/q;;+2/p-2. The van der Waals surface area contributed by atoms with E-state index in [1.807, 2.05) is 0 Å². The van der Waals surface area contributed by atoms with Gasteiger partial charge in [0, 0.05) is 0 Å². The Kier molecular flexibility index (Phi) is 8.83. The van der Waals surface area contributed by atoms with Gasteiger partial charge in [-0.25, -0.2) is 16.8 Å². The average Bonchev–Trinajstić information content (AvgIpc) is 2.44. The van der Waals surface area contributed by atoms with E-state index in [0.717, 1.165) is 0 Å². The van der Waals surface area contributed by atoms with Gasteiger partial charge < -0.3 is 9.11 Å². The molecule has 9 heteroatoms. The minimum absolute atomic E-state index is 0. The van der Waals surface area contributed by atoms with E-state index in [1.165, 1.54) is 26.0 Å². The molecule has 0 amide bonds. The molecule has 136 valence electrons. The van der Waals surface area contributed by atoms with Crippen molar-refractivity contribution in [2.75, 3.05) is 0 Å². The van der Waals surface area contributed by atoms with E-state index < -0.39 is 29.7 Å². The predicted octanol–water partition coefficient (Wildman–Crippen LogP) is 1.72. The second kappa shape index (κ2) is 8.82. The zero-order valence-electron chi connectivity index (χ0n) is 14.7. The normalized spacial score (nSPS) is 34.0. The third kappa shape index (κ3) is 5.51. The maximum atomic E-state index is 10.9. The van der Waals surface area contributed by atoms with Crippen molar-refractivity contribution in [2.24, 2.45) is 11.8 Å². The molecule has 0 bridgehead atoms. The number of rotatable bonds is 2. The van der Waals surface area contributed by atoms with Crippen LogP contribution in [-0.4, -0.2) is 73.2 Å². The van der Waals surface area contributed by atoms with Crippen LogP contribution < -0.4 is 0 Å². The predicted molar refractivity (Wildman–Crippen MR) is 96.8 cm³/mol. The second-order valence-electron chi connectivity index (χ2n) is 6.34. The molecule has 0 heterocycles. The Morgan fingerprint density at radius 1 is 0.720 bits per heavy atom. The number of allylic oxidation sites excluding steroid dienone is 6. The smallest absolute Gasteiger partial charge is 0.747 e. The molecule has 4 unspecified atom stereocenters. The maximum Gasteiger partial charge on any atom is 2.00 e. The van der Waals surface area contributed by atoms with Crippen LogP contribution in [0.15, 0.2) is 48.6 Å². The third-order valence-corrected chi connectivity index (χ3v) is 7.93. The molecular weight excluding hydrogens is 392 g/mol. The molecule has 0 saturated carbocycles. The van der Waals surface area contributed by atoms with Gasteiger partial charge in [-0.15, -0.1) is 0 Å². The van der Waals surface area contributed by atoms with Gasteiger partial charge in [-0.2, -0.15) is 0 Å². The van der Waals surface area contributed by atoms with Crippen LogP contribution in [0.5, 0.6) is 0 Å². The monoisotopic (exact) mass is 414 g/mol. The summed E-state index contributed by atoms with van der Waals surface area (Å²) in [7, 11) is -8.53. The van der Waals surface area contributed by atoms with Gasteiger partial charge >= 0.3 is 37.7 Å². The summed E-state index contributed by atoms with van der Waals surface area (Å²) >= 11 is 0. The molecule has 2 rings (SSSR count). The first-order valence-corrected chi connectivity index (χ1v) is 10.2. The Bertz CT molecular complexity index is 726. The summed E-state index contributed by atoms with van der Waals surface area (Å²) in [6, 6.07) is 0. The van der Waals surface area contributed by atoms with Gasteiger partial charge in [0.05, 0.1) is 9.49 Å². The first-order chi connectivity index (χ1) is 10.8. The van der Waals surface area contributed by atoms with Crippen molar-refractivity contribution in [3.05, 3.63) is 48.6 Å². The van der Waals surface area contributed by atoms with Gasteiger partial charge in [0.2, 0.25) is 0 Å². The molecule has 0 spiro atoms. The maximum absolute atomic E-state index is 10.9. The Hall–Kier alpha value is 0.0397. The van der Waals surface area contributed by atoms with Gasteiger partial charge in [-0.3, -0.25) is 0 Å². The molecule has 0 aromatic heterocycles. The molecule has 0 fully saturated rings. The molecule has 6 nitrogen and oxygen atoms in total. The molecule has 0 N–H and O–H groups in total. The first-order valence-electron chi connectivity index (χ1n) is 7.38. The molecule has 4 atom stereocenters. The molecule has 0 saturated heterocycles. The summed E-state index contributed by atoms with van der Waals surface area (Å²) in [4.78, 5) is 0. The summed E-state index contributed by atoms with van der Waals surface area (Å²) in [5.74, 6) is -0.519. The van der Waals surface area contributed by atoms with Crippen molar-refractivity contribution in [1.82, 2.24) is 0 Å². The summed E-state index contributed by atoms with van der Waals surface area (Å²) in [5, 5.41) is 0. The van der Waals surface area contributed by atoms with Crippen molar-refractivity contribution >= 4 is 58.0 Å². The SMILES string of the molecule is CC1C=CC=CC1(C)S(=O)(=O)[O-].CC1C=CC=CC1(C)S(=O)(=O)[O-].[Ca+2]. The van der Waals surface area contributed by atoms with E-state index in [2.05, 4.69) is 0 Å². The fourth-order valence-electron chi connectivity index (χ4n) is 2.26. The minimum Gasteiger partial charge on any atom is -0.747 e. The Morgan fingerprint density at radius 3 is 1.16 bits per heavy atom. The van der Waals surface area contributed by atoms with Crippen LogP contribution in [0.2, 0.25) is 0 Å². The molecule has 0 aromatic rings. The van der Waals surface area contributed by atoms with E-state index in [4.69, 9.17) is 0 Å². The van der Waals surface area contributed by atoms with Gasteiger partial charge in [0.15, 0.2) is 0 Å². The molecule has 0 aromatic carbocycles. The van der Waals surface area contributed by atoms with Crippen LogP contribution in [0.3, 0.4) is 0 Å². The topological polar surface area (TPSA) is 114 Å². The van der Waals surface area contributed by atoms with Crippen molar-refractivity contribution in [3.8, 4) is 0 Å². The number of hydrogen-bond donors (Lipinski definition) is 0. The molecule has 0 radical (unpaired) electrons. The van der Waals surface area contributed by atoms with Gasteiger partial charge in [0.25, 0.3) is 0 Å². The quantitative estimate of drug-likeness (QED) is 0.502. The van der Waals surface area contributed by atoms with Crippen LogP contribution in [0.4, 0.5) is 0 Å². The zero-order chi connectivity index (χ0) is 18.8. The summed E-state index contributed by atoms with van der Waals surface area (Å²) < 4.78 is 62.7. The minimum atomic E-state index is -4.26. The fraction of sp³-hybridized carbons (Fsp3) is 0.500. The van der Waals surface area contributed by atoms with Crippen LogP contribution in [0, 0.1) is 11.8 Å². The van der Waals surface area contributed by atoms with E-state index >= 15 is 0 Å². The molecule has 25 heavy (non-hydrogen) atoms. The van der Waals surface area contributed by atoms with E-state index in [0.29, 0.717) is 0 Å². The Labute approximate surface area is 180 Å². The zero-order valence-corrected chi connectivity index (χ0v) is 18.6. The molecule has 2 aliphatic carbocycles.